The molecule has 0 bridgehead atoms. The number of aliphatic hydroxyl groups is 1. The summed E-state index contributed by atoms with van der Waals surface area (Å²) in [6.45, 7) is 3.30. The summed E-state index contributed by atoms with van der Waals surface area (Å²) in [5.41, 5.74) is 3.53. The molecule has 1 saturated heterocycles. The zero-order valence-electron chi connectivity index (χ0n) is 13.8. The van der Waals surface area contributed by atoms with Crippen molar-refractivity contribution < 1.29 is 9.63 Å². The first-order valence-electron chi connectivity index (χ1n) is 8.77. The molecule has 2 N–H and O–H groups in total. The molecule has 3 heterocycles. The lowest BCUT2D eigenvalue weighted by atomic mass is 9.92. The highest BCUT2D eigenvalue weighted by molar-refractivity contribution is 5.27. The lowest BCUT2D eigenvalue weighted by molar-refractivity contribution is 0.173. The number of aromatic nitrogens is 2. The van der Waals surface area contributed by atoms with Crippen LogP contribution in [0.25, 0.3) is 0 Å². The SMILES string of the molecule is O[C@@H]1CCN(Cc2noc3c2CC(NCc2cccnc2)CC3)C1. The summed E-state index contributed by atoms with van der Waals surface area (Å²) in [4.78, 5) is 6.42. The van der Waals surface area contributed by atoms with Gasteiger partial charge in [-0.1, -0.05) is 11.2 Å². The first kappa shape index (κ1) is 15.7. The minimum Gasteiger partial charge on any atom is -0.392 e. The maximum absolute atomic E-state index is 9.69. The van der Waals surface area contributed by atoms with Crippen LogP contribution < -0.4 is 5.32 Å². The Balaban J connectivity index is 1.38. The Bertz CT molecular complexity index is 673. The molecule has 0 amide bonds. The van der Waals surface area contributed by atoms with Crippen LogP contribution in [0.3, 0.4) is 0 Å². The quantitative estimate of drug-likeness (QED) is 0.861. The summed E-state index contributed by atoms with van der Waals surface area (Å²) < 4.78 is 5.56. The third-order valence-corrected chi connectivity index (χ3v) is 5.06. The Kier molecular flexibility index (Phi) is 4.60. The number of pyridine rings is 1. The van der Waals surface area contributed by atoms with Crippen LogP contribution in [-0.2, 0) is 25.9 Å². The number of rotatable bonds is 5. The highest BCUT2D eigenvalue weighted by Crippen LogP contribution is 2.26. The van der Waals surface area contributed by atoms with Gasteiger partial charge in [0.05, 0.1) is 6.10 Å². The van der Waals surface area contributed by atoms with E-state index in [1.54, 1.807) is 6.20 Å². The fourth-order valence-corrected chi connectivity index (χ4v) is 3.69. The maximum atomic E-state index is 9.69. The van der Waals surface area contributed by atoms with Gasteiger partial charge in [0, 0.05) is 56.6 Å². The Morgan fingerprint density at radius 1 is 1.38 bits per heavy atom. The summed E-state index contributed by atoms with van der Waals surface area (Å²) in [5.74, 6) is 1.05. The summed E-state index contributed by atoms with van der Waals surface area (Å²) in [6, 6.07) is 4.51. The van der Waals surface area contributed by atoms with Gasteiger partial charge in [-0.15, -0.1) is 0 Å². The topological polar surface area (TPSA) is 74.4 Å². The van der Waals surface area contributed by atoms with Crippen molar-refractivity contribution in [1.82, 2.24) is 20.4 Å². The standard InChI is InChI=1S/C18H24N4O2/c23-15-5-7-22(11-15)12-17-16-8-14(3-4-18(16)24-21-17)20-10-13-2-1-6-19-9-13/h1-2,6,9,14-15,20,23H,3-5,7-8,10-12H2/t14?,15-/m1/s1. The van der Waals surface area contributed by atoms with Crippen LogP contribution >= 0.6 is 0 Å². The van der Waals surface area contributed by atoms with E-state index in [4.69, 9.17) is 4.52 Å². The van der Waals surface area contributed by atoms with E-state index >= 15 is 0 Å². The smallest absolute Gasteiger partial charge is 0.140 e. The third-order valence-electron chi connectivity index (χ3n) is 5.06. The molecule has 2 aliphatic rings. The van der Waals surface area contributed by atoms with Crippen molar-refractivity contribution in [3.05, 3.63) is 47.1 Å². The Labute approximate surface area is 141 Å². The van der Waals surface area contributed by atoms with Crippen molar-refractivity contribution in [3.63, 3.8) is 0 Å². The van der Waals surface area contributed by atoms with E-state index in [2.05, 4.69) is 26.4 Å². The molecule has 0 spiro atoms. The van der Waals surface area contributed by atoms with Crippen LogP contribution in [0, 0.1) is 0 Å². The molecule has 128 valence electrons. The van der Waals surface area contributed by atoms with Gasteiger partial charge in [-0.2, -0.15) is 0 Å². The first-order valence-corrected chi connectivity index (χ1v) is 8.77. The van der Waals surface area contributed by atoms with Crippen molar-refractivity contribution in [3.8, 4) is 0 Å². The lowest BCUT2D eigenvalue weighted by Crippen LogP contribution is -2.34. The highest BCUT2D eigenvalue weighted by atomic mass is 16.5. The fourth-order valence-electron chi connectivity index (χ4n) is 3.69. The normalized spacial score (nSPS) is 24.2. The number of β-amino-alcohol motifs (C(OH)–C–C–N with tert-alkyl or cyclic N) is 1. The van der Waals surface area contributed by atoms with E-state index in [0.717, 1.165) is 63.3 Å². The van der Waals surface area contributed by atoms with Crippen molar-refractivity contribution >= 4 is 0 Å². The van der Waals surface area contributed by atoms with E-state index < -0.39 is 0 Å². The van der Waals surface area contributed by atoms with Crippen LogP contribution in [0.15, 0.2) is 29.0 Å². The van der Waals surface area contributed by atoms with E-state index in [1.807, 2.05) is 12.3 Å². The molecule has 0 radical (unpaired) electrons. The summed E-state index contributed by atoms with van der Waals surface area (Å²) in [5, 5.41) is 17.6. The number of aryl methyl sites for hydroxylation is 1. The molecule has 1 aliphatic carbocycles. The predicted molar refractivity (Wildman–Crippen MR) is 89.3 cm³/mol. The number of likely N-dealkylation sites (tertiary alicyclic amines) is 1. The van der Waals surface area contributed by atoms with Gasteiger partial charge < -0.3 is 14.9 Å². The molecule has 1 unspecified atom stereocenters. The second-order valence-corrected chi connectivity index (χ2v) is 6.89. The minimum absolute atomic E-state index is 0.193. The van der Waals surface area contributed by atoms with Crippen LogP contribution in [-0.4, -0.2) is 45.4 Å². The molecule has 6 nitrogen and oxygen atoms in total. The molecule has 4 rings (SSSR count). The highest BCUT2D eigenvalue weighted by Gasteiger charge is 2.28. The fraction of sp³-hybridized carbons (Fsp3) is 0.556. The molecule has 2 aromatic rings. The van der Waals surface area contributed by atoms with Crippen molar-refractivity contribution in [1.29, 1.82) is 0 Å². The molecule has 1 aliphatic heterocycles. The zero-order chi connectivity index (χ0) is 16.4. The summed E-state index contributed by atoms with van der Waals surface area (Å²) in [7, 11) is 0. The molecule has 6 heteroatoms. The maximum Gasteiger partial charge on any atom is 0.140 e. The number of nitrogens with zero attached hydrogens (tertiary/aromatic N) is 3. The van der Waals surface area contributed by atoms with Gasteiger partial charge in [-0.05, 0) is 30.9 Å². The molecule has 2 aromatic heterocycles. The van der Waals surface area contributed by atoms with Crippen molar-refractivity contribution in [2.24, 2.45) is 0 Å². The number of hydrogen-bond donors (Lipinski definition) is 2. The molecule has 0 saturated carbocycles. The minimum atomic E-state index is -0.193. The van der Waals surface area contributed by atoms with Gasteiger partial charge >= 0.3 is 0 Å². The van der Waals surface area contributed by atoms with E-state index in [-0.39, 0.29) is 6.10 Å². The van der Waals surface area contributed by atoms with E-state index in [9.17, 15) is 5.11 Å². The van der Waals surface area contributed by atoms with Crippen LogP contribution in [0.4, 0.5) is 0 Å². The number of aliphatic hydroxyl groups excluding tert-OH is 1. The van der Waals surface area contributed by atoms with Crippen LogP contribution in [0.2, 0.25) is 0 Å². The van der Waals surface area contributed by atoms with Gasteiger partial charge in [0.25, 0.3) is 0 Å². The number of fused-ring (bicyclic) bond motifs is 1. The van der Waals surface area contributed by atoms with Gasteiger partial charge in [-0.3, -0.25) is 9.88 Å². The Morgan fingerprint density at radius 3 is 3.12 bits per heavy atom. The molecule has 1 fully saturated rings. The zero-order valence-corrected chi connectivity index (χ0v) is 13.8. The average molecular weight is 328 g/mol. The Morgan fingerprint density at radius 2 is 2.33 bits per heavy atom. The molecule has 0 aromatic carbocycles. The second-order valence-electron chi connectivity index (χ2n) is 6.89. The lowest BCUT2D eigenvalue weighted by Gasteiger charge is -2.23. The monoisotopic (exact) mass is 328 g/mol. The van der Waals surface area contributed by atoms with Crippen LogP contribution in [0.5, 0.6) is 0 Å². The van der Waals surface area contributed by atoms with Crippen LogP contribution in [0.1, 0.15) is 35.4 Å². The number of hydrogen-bond acceptors (Lipinski definition) is 6. The number of nitrogens with one attached hydrogen (secondary N) is 1. The van der Waals surface area contributed by atoms with Gasteiger partial charge in [0.2, 0.25) is 0 Å². The molecular weight excluding hydrogens is 304 g/mol. The van der Waals surface area contributed by atoms with Gasteiger partial charge in [-0.25, -0.2) is 0 Å². The average Bonchev–Trinajstić information content (AvgIpc) is 3.20. The Hall–Kier alpha value is -1.76. The van der Waals surface area contributed by atoms with Gasteiger partial charge in [0.1, 0.15) is 11.5 Å². The third kappa shape index (κ3) is 3.50. The molecule has 2 atom stereocenters. The summed E-state index contributed by atoms with van der Waals surface area (Å²) >= 11 is 0. The van der Waals surface area contributed by atoms with Crippen molar-refractivity contribution in [2.45, 2.75) is 50.9 Å². The van der Waals surface area contributed by atoms with Crippen molar-refractivity contribution in [2.75, 3.05) is 13.1 Å². The largest absolute Gasteiger partial charge is 0.392 e. The predicted octanol–water partition coefficient (Wildman–Crippen LogP) is 1.28. The molecule has 24 heavy (non-hydrogen) atoms. The summed E-state index contributed by atoms with van der Waals surface area (Å²) in [6.07, 6.45) is 7.35. The first-order chi connectivity index (χ1) is 11.8. The molecular formula is C18H24N4O2. The van der Waals surface area contributed by atoms with E-state index in [1.165, 1.54) is 11.1 Å². The second kappa shape index (κ2) is 7.01. The van der Waals surface area contributed by atoms with Gasteiger partial charge in [0.15, 0.2) is 0 Å². The van der Waals surface area contributed by atoms with E-state index in [0.29, 0.717) is 6.04 Å².